The molecule has 0 aliphatic carbocycles. The van der Waals surface area contributed by atoms with Crippen LogP contribution in [0.4, 0.5) is 5.69 Å². The predicted molar refractivity (Wildman–Crippen MR) is 70.8 cm³/mol. The lowest BCUT2D eigenvalue weighted by atomic mass is 10.1. The second-order valence-electron chi connectivity index (χ2n) is 4.33. The Bertz CT molecular complexity index is 284. The third kappa shape index (κ3) is 5.15. The number of hydrogen-bond donors (Lipinski definition) is 1. The zero-order chi connectivity index (χ0) is 11.6. The smallest absolute Gasteiger partial charge is 0.0603 e. The Kier molecular flexibility index (Phi) is 6.62. The third-order valence-electron chi connectivity index (χ3n) is 2.85. The molecule has 0 saturated carbocycles. The molecular weight excluding hydrogens is 196 g/mol. The van der Waals surface area contributed by atoms with Crippen LogP contribution in [0.15, 0.2) is 18.3 Å². The molecule has 0 atom stereocenters. The molecule has 0 aromatic carbocycles. The number of aryl methyl sites for hydroxylation is 1. The molecule has 0 fully saturated rings. The van der Waals surface area contributed by atoms with Gasteiger partial charge in [0.25, 0.3) is 0 Å². The van der Waals surface area contributed by atoms with Crippen LogP contribution in [0.2, 0.25) is 0 Å². The molecule has 0 spiro atoms. The van der Waals surface area contributed by atoms with E-state index >= 15 is 0 Å². The summed E-state index contributed by atoms with van der Waals surface area (Å²) < 4.78 is 0. The Morgan fingerprint density at radius 1 is 1.12 bits per heavy atom. The van der Waals surface area contributed by atoms with E-state index in [1.54, 1.807) is 0 Å². The topological polar surface area (TPSA) is 24.9 Å². The largest absolute Gasteiger partial charge is 0.384 e. The summed E-state index contributed by atoms with van der Waals surface area (Å²) in [5.74, 6) is 0. The molecule has 16 heavy (non-hydrogen) atoms. The molecule has 0 amide bonds. The van der Waals surface area contributed by atoms with Gasteiger partial charge in [-0.3, -0.25) is 4.98 Å². The fourth-order valence-electron chi connectivity index (χ4n) is 1.80. The maximum Gasteiger partial charge on any atom is 0.0603 e. The first-order valence-electron chi connectivity index (χ1n) is 6.50. The van der Waals surface area contributed by atoms with Gasteiger partial charge < -0.3 is 5.32 Å². The van der Waals surface area contributed by atoms with E-state index in [1.165, 1.54) is 44.2 Å². The minimum Gasteiger partial charge on any atom is -0.384 e. The van der Waals surface area contributed by atoms with Gasteiger partial charge in [0.05, 0.1) is 11.4 Å². The Labute approximate surface area is 99.5 Å². The van der Waals surface area contributed by atoms with Crippen molar-refractivity contribution in [3.05, 3.63) is 24.0 Å². The summed E-state index contributed by atoms with van der Waals surface area (Å²) in [6.45, 7) is 5.37. The van der Waals surface area contributed by atoms with Crippen LogP contribution < -0.4 is 5.32 Å². The lowest BCUT2D eigenvalue weighted by molar-refractivity contribution is 0.617. The zero-order valence-electron chi connectivity index (χ0n) is 10.6. The van der Waals surface area contributed by atoms with E-state index in [0.29, 0.717) is 0 Å². The van der Waals surface area contributed by atoms with Crippen LogP contribution in [-0.4, -0.2) is 11.5 Å². The third-order valence-corrected chi connectivity index (χ3v) is 2.85. The molecule has 1 N–H and O–H groups in total. The van der Waals surface area contributed by atoms with E-state index in [0.717, 1.165) is 12.2 Å². The fraction of sp³-hybridized carbons (Fsp3) is 0.643. The summed E-state index contributed by atoms with van der Waals surface area (Å²) in [5, 5.41) is 3.44. The van der Waals surface area contributed by atoms with Crippen LogP contribution in [0.3, 0.4) is 0 Å². The van der Waals surface area contributed by atoms with Gasteiger partial charge in [-0.1, -0.05) is 39.0 Å². The van der Waals surface area contributed by atoms with E-state index in [1.807, 2.05) is 19.2 Å². The molecule has 90 valence electrons. The summed E-state index contributed by atoms with van der Waals surface area (Å²) >= 11 is 0. The van der Waals surface area contributed by atoms with Crippen LogP contribution >= 0.6 is 0 Å². The maximum atomic E-state index is 4.26. The monoisotopic (exact) mass is 220 g/mol. The van der Waals surface area contributed by atoms with Gasteiger partial charge in [-0.05, 0) is 25.5 Å². The van der Waals surface area contributed by atoms with Crippen LogP contribution in [0.5, 0.6) is 0 Å². The van der Waals surface area contributed by atoms with E-state index in [-0.39, 0.29) is 0 Å². The number of rotatable bonds is 8. The number of anilines is 1. The number of aromatic nitrogens is 1. The quantitative estimate of drug-likeness (QED) is 0.665. The SMILES string of the molecule is CCCCCCCCNc1cccnc1C. The Morgan fingerprint density at radius 3 is 2.62 bits per heavy atom. The van der Waals surface area contributed by atoms with E-state index in [2.05, 4.69) is 23.3 Å². The fourth-order valence-corrected chi connectivity index (χ4v) is 1.80. The van der Waals surface area contributed by atoms with Gasteiger partial charge in [-0.25, -0.2) is 0 Å². The number of nitrogens with one attached hydrogen (secondary N) is 1. The molecule has 1 rings (SSSR count). The minimum absolute atomic E-state index is 1.07. The molecular formula is C14H24N2. The summed E-state index contributed by atoms with van der Waals surface area (Å²) in [4.78, 5) is 4.26. The molecule has 1 aromatic rings. The van der Waals surface area contributed by atoms with Crippen LogP contribution in [0.1, 0.15) is 51.1 Å². The molecule has 0 aliphatic heterocycles. The van der Waals surface area contributed by atoms with Crippen molar-refractivity contribution in [1.82, 2.24) is 4.98 Å². The van der Waals surface area contributed by atoms with Crippen molar-refractivity contribution in [3.63, 3.8) is 0 Å². The molecule has 0 radical (unpaired) electrons. The normalized spacial score (nSPS) is 10.4. The van der Waals surface area contributed by atoms with Crippen molar-refractivity contribution in [3.8, 4) is 0 Å². The Balaban J connectivity index is 2.05. The second kappa shape index (κ2) is 8.14. The van der Waals surface area contributed by atoms with Crippen molar-refractivity contribution >= 4 is 5.69 Å². The first-order valence-corrected chi connectivity index (χ1v) is 6.50. The number of hydrogen-bond acceptors (Lipinski definition) is 2. The highest BCUT2D eigenvalue weighted by molar-refractivity contribution is 5.46. The molecule has 0 bridgehead atoms. The van der Waals surface area contributed by atoms with Gasteiger partial charge in [-0.2, -0.15) is 0 Å². The highest BCUT2D eigenvalue weighted by Crippen LogP contribution is 2.11. The van der Waals surface area contributed by atoms with Crippen LogP contribution in [0, 0.1) is 6.92 Å². The highest BCUT2D eigenvalue weighted by atomic mass is 14.9. The van der Waals surface area contributed by atoms with Crippen molar-refractivity contribution in [1.29, 1.82) is 0 Å². The molecule has 0 saturated heterocycles. The first-order chi connectivity index (χ1) is 7.84. The van der Waals surface area contributed by atoms with E-state index < -0.39 is 0 Å². The average molecular weight is 220 g/mol. The molecule has 1 aromatic heterocycles. The van der Waals surface area contributed by atoms with Gasteiger partial charge in [0.1, 0.15) is 0 Å². The van der Waals surface area contributed by atoms with Gasteiger partial charge in [0.15, 0.2) is 0 Å². The number of pyridine rings is 1. The lowest BCUT2D eigenvalue weighted by Gasteiger charge is -2.08. The van der Waals surface area contributed by atoms with Gasteiger partial charge in [0.2, 0.25) is 0 Å². The zero-order valence-corrected chi connectivity index (χ0v) is 10.6. The van der Waals surface area contributed by atoms with Crippen LogP contribution in [-0.2, 0) is 0 Å². The summed E-state index contributed by atoms with van der Waals surface area (Å²) in [6, 6.07) is 4.08. The summed E-state index contributed by atoms with van der Waals surface area (Å²) in [5.41, 5.74) is 2.27. The molecule has 0 unspecified atom stereocenters. The summed E-state index contributed by atoms with van der Waals surface area (Å²) in [6.07, 6.45) is 9.92. The second-order valence-corrected chi connectivity index (χ2v) is 4.33. The number of nitrogens with zero attached hydrogens (tertiary/aromatic N) is 1. The average Bonchev–Trinajstić information content (AvgIpc) is 2.30. The molecule has 2 nitrogen and oxygen atoms in total. The van der Waals surface area contributed by atoms with Gasteiger partial charge in [-0.15, -0.1) is 0 Å². The lowest BCUT2D eigenvalue weighted by Crippen LogP contribution is -2.03. The molecule has 0 aliphatic rings. The van der Waals surface area contributed by atoms with Gasteiger partial charge in [0, 0.05) is 12.7 Å². The highest BCUT2D eigenvalue weighted by Gasteiger charge is 1.96. The molecule has 2 heteroatoms. The predicted octanol–water partition coefficient (Wildman–Crippen LogP) is 4.16. The van der Waals surface area contributed by atoms with E-state index in [9.17, 15) is 0 Å². The summed E-state index contributed by atoms with van der Waals surface area (Å²) in [7, 11) is 0. The molecule has 1 heterocycles. The van der Waals surface area contributed by atoms with Crippen molar-refractivity contribution in [2.45, 2.75) is 52.4 Å². The van der Waals surface area contributed by atoms with Crippen molar-refractivity contribution in [2.75, 3.05) is 11.9 Å². The Hall–Kier alpha value is -1.05. The van der Waals surface area contributed by atoms with Crippen LogP contribution in [0.25, 0.3) is 0 Å². The Morgan fingerprint density at radius 2 is 1.88 bits per heavy atom. The van der Waals surface area contributed by atoms with Crippen molar-refractivity contribution in [2.24, 2.45) is 0 Å². The first kappa shape index (κ1) is 13.0. The van der Waals surface area contributed by atoms with Crippen molar-refractivity contribution < 1.29 is 0 Å². The standard InChI is InChI=1S/C14H24N2/c1-3-4-5-6-7-8-11-16-14-10-9-12-15-13(14)2/h9-10,12,16H,3-8,11H2,1-2H3. The maximum absolute atomic E-state index is 4.26. The van der Waals surface area contributed by atoms with Gasteiger partial charge >= 0.3 is 0 Å². The minimum atomic E-state index is 1.07. The van der Waals surface area contributed by atoms with E-state index in [4.69, 9.17) is 0 Å². The number of unbranched alkanes of at least 4 members (excludes halogenated alkanes) is 5.